The van der Waals surface area contributed by atoms with Gasteiger partial charge in [-0.15, -0.1) is 0 Å². The molecule has 8 nitrogen and oxygen atoms in total. The molecule has 156 valence electrons. The van der Waals surface area contributed by atoms with E-state index in [2.05, 4.69) is 15.5 Å². The van der Waals surface area contributed by atoms with E-state index in [-0.39, 0.29) is 23.8 Å². The lowest BCUT2D eigenvalue weighted by molar-refractivity contribution is -0.151. The lowest BCUT2D eigenvalue weighted by atomic mass is 9.74. The van der Waals surface area contributed by atoms with E-state index < -0.39 is 0 Å². The Morgan fingerprint density at radius 3 is 2.74 bits per heavy atom. The molecule has 1 aromatic heterocycles. The molecule has 3 aliphatic rings. The van der Waals surface area contributed by atoms with Crippen molar-refractivity contribution in [2.24, 2.45) is 15.6 Å². The normalized spacial score (nSPS) is 19.8. The second kappa shape index (κ2) is 6.68. The first-order chi connectivity index (χ1) is 15.1. The standard InChI is InChI=1S/C23H21N5O3/c29-18(28-12-23(13-28)10-24-11-23)9-31-27-20-15-6-2-4-8-17(15)25-21(20)19-14-5-1-3-7-16(14)26-22(19)30/h1-8,24,26,30H,9-13H2/b27-20+. The zero-order valence-corrected chi connectivity index (χ0v) is 16.8. The van der Waals surface area contributed by atoms with E-state index in [0.29, 0.717) is 17.0 Å². The topological polar surface area (TPSA) is 102 Å². The Bertz CT molecular complexity index is 1260. The molecule has 31 heavy (non-hydrogen) atoms. The number of nitrogens with one attached hydrogen (secondary N) is 2. The zero-order chi connectivity index (χ0) is 21.0. The summed E-state index contributed by atoms with van der Waals surface area (Å²) in [5, 5.41) is 19.0. The van der Waals surface area contributed by atoms with Gasteiger partial charge in [0.25, 0.3) is 5.91 Å². The summed E-state index contributed by atoms with van der Waals surface area (Å²) in [6.07, 6.45) is 0. The minimum atomic E-state index is -0.123. The molecular formula is C23H21N5O3. The fraction of sp³-hybridized carbons (Fsp3) is 0.261. The van der Waals surface area contributed by atoms with E-state index in [1.54, 1.807) is 0 Å². The number of aromatic hydroxyl groups is 1. The molecule has 0 unspecified atom stereocenters. The molecule has 3 aliphatic heterocycles. The van der Waals surface area contributed by atoms with Crippen molar-refractivity contribution < 1.29 is 14.7 Å². The third kappa shape index (κ3) is 2.83. The highest BCUT2D eigenvalue weighted by atomic mass is 16.6. The molecule has 0 bridgehead atoms. The number of hydrogen-bond donors (Lipinski definition) is 3. The number of carbonyl (C=O) groups excluding carboxylic acids is 1. The number of oxime groups is 1. The fourth-order valence-corrected chi connectivity index (χ4v) is 4.59. The fourth-order valence-electron chi connectivity index (χ4n) is 4.59. The molecule has 3 N–H and O–H groups in total. The second-order valence-electron chi connectivity index (χ2n) is 8.44. The molecule has 1 spiro atoms. The second-order valence-corrected chi connectivity index (χ2v) is 8.44. The number of H-pyrrole nitrogens is 1. The molecule has 2 aromatic carbocycles. The Morgan fingerprint density at radius 1 is 1.16 bits per heavy atom. The highest BCUT2D eigenvalue weighted by Crippen LogP contribution is 2.36. The van der Waals surface area contributed by atoms with Crippen molar-refractivity contribution in [3.8, 4) is 5.88 Å². The summed E-state index contributed by atoms with van der Waals surface area (Å²) in [7, 11) is 0. The minimum absolute atomic E-state index is 0.0246. The molecule has 2 saturated heterocycles. The number of aromatic nitrogens is 1. The van der Waals surface area contributed by atoms with Crippen molar-refractivity contribution in [3.05, 3.63) is 59.7 Å². The van der Waals surface area contributed by atoms with Crippen LogP contribution in [0.4, 0.5) is 5.69 Å². The third-order valence-corrected chi connectivity index (χ3v) is 6.29. The molecule has 8 heteroatoms. The molecule has 1 amide bonds. The summed E-state index contributed by atoms with van der Waals surface area (Å²) >= 11 is 0. The first-order valence-corrected chi connectivity index (χ1v) is 10.3. The average molecular weight is 415 g/mol. The highest BCUT2D eigenvalue weighted by Gasteiger charge is 2.49. The van der Waals surface area contributed by atoms with Crippen molar-refractivity contribution in [2.75, 3.05) is 32.8 Å². The van der Waals surface area contributed by atoms with Gasteiger partial charge in [0, 0.05) is 48.1 Å². The van der Waals surface area contributed by atoms with Crippen LogP contribution in [0, 0.1) is 5.41 Å². The van der Waals surface area contributed by atoms with Crippen molar-refractivity contribution in [1.82, 2.24) is 15.2 Å². The number of benzene rings is 2. The quantitative estimate of drug-likeness (QED) is 0.568. The van der Waals surface area contributed by atoms with E-state index in [1.807, 2.05) is 53.4 Å². The number of aliphatic imine (C=N–C) groups is 1. The summed E-state index contributed by atoms with van der Waals surface area (Å²) in [5.41, 5.74) is 4.23. The minimum Gasteiger partial charge on any atom is -0.494 e. The van der Waals surface area contributed by atoms with Crippen LogP contribution in [0.25, 0.3) is 10.9 Å². The Morgan fingerprint density at radius 2 is 1.94 bits per heavy atom. The Labute approximate surface area is 178 Å². The number of likely N-dealkylation sites (tertiary alicyclic amines) is 1. The van der Waals surface area contributed by atoms with E-state index in [1.165, 1.54) is 0 Å². The molecule has 2 fully saturated rings. The Balaban J connectivity index is 1.28. The van der Waals surface area contributed by atoms with Gasteiger partial charge in [0.05, 0.1) is 11.3 Å². The maximum atomic E-state index is 12.4. The summed E-state index contributed by atoms with van der Waals surface area (Å²) < 4.78 is 0. The summed E-state index contributed by atoms with van der Waals surface area (Å²) in [4.78, 5) is 27.5. The number of hydrogen-bond acceptors (Lipinski definition) is 6. The first-order valence-electron chi connectivity index (χ1n) is 10.3. The van der Waals surface area contributed by atoms with Gasteiger partial charge >= 0.3 is 0 Å². The van der Waals surface area contributed by atoms with Gasteiger partial charge in [0.1, 0.15) is 11.4 Å². The molecule has 0 radical (unpaired) electrons. The molecular weight excluding hydrogens is 394 g/mol. The third-order valence-electron chi connectivity index (χ3n) is 6.29. The van der Waals surface area contributed by atoms with E-state index in [0.717, 1.165) is 48.3 Å². The number of para-hydroxylation sites is 2. The maximum Gasteiger partial charge on any atom is 0.263 e. The zero-order valence-electron chi connectivity index (χ0n) is 16.8. The summed E-state index contributed by atoms with van der Waals surface area (Å²) in [6, 6.07) is 15.2. The van der Waals surface area contributed by atoms with E-state index >= 15 is 0 Å². The number of amides is 1. The Hall–Kier alpha value is -3.65. The molecule has 0 aliphatic carbocycles. The number of carbonyl (C=O) groups is 1. The van der Waals surface area contributed by atoms with E-state index in [4.69, 9.17) is 9.83 Å². The predicted molar refractivity (Wildman–Crippen MR) is 117 cm³/mol. The van der Waals surface area contributed by atoms with Crippen LogP contribution in [0.1, 0.15) is 11.1 Å². The molecule has 6 rings (SSSR count). The monoisotopic (exact) mass is 415 g/mol. The van der Waals surface area contributed by atoms with E-state index in [9.17, 15) is 9.90 Å². The molecule has 0 saturated carbocycles. The average Bonchev–Trinajstić information content (AvgIpc) is 3.22. The van der Waals surface area contributed by atoms with Crippen LogP contribution in [0.5, 0.6) is 5.88 Å². The van der Waals surface area contributed by atoms with Crippen LogP contribution in [-0.4, -0.2) is 65.1 Å². The number of rotatable bonds is 4. The molecule has 3 aromatic rings. The van der Waals surface area contributed by atoms with Gasteiger partial charge in [0.2, 0.25) is 0 Å². The predicted octanol–water partition coefficient (Wildman–Crippen LogP) is 2.16. The van der Waals surface area contributed by atoms with Crippen LogP contribution < -0.4 is 5.32 Å². The number of nitrogens with zero attached hydrogens (tertiary/aromatic N) is 3. The Kier molecular flexibility index (Phi) is 3.91. The van der Waals surface area contributed by atoms with Gasteiger partial charge in [-0.3, -0.25) is 4.79 Å². The smallest absolute Gasteiger partial charge is 0.263 e. The van der Waals surface area contributed by atoms with Gasteiger partial charge in [-0.25, -0.2) is 4.99 Å². The SMILES string of the molecule is O=C(CO/N=C1/C(c2c(O)[nH]c3ccccc23)=Nc2ccccc21)N1CC2(CNC2)C1. The van der Waals surface area contributed by atoms with Gasteiger partial charge < -0.3 is 25.1 Å². The van der Waals surface area contributed by atoms with Gasteiger partial charge in [-0.1, -0.05) is 41.6 Å². The summed E-state index contributed by atoms with van der Waals surface area (Å²) in [6.45, 7) is 3.38. The van der Waals surface area contributed by atoms with Crippen molar-refractivity contribution in [1.29, 1.82) is 0 Å². The maximum absolute atomic E-state index is 12.4. The largest absolute Gasteiger partial charge is 0.494 e. The van der Waals surface area contributed by atoms with Crippen LogP contribution in [0.15, 0.2) is 58.7 Å². The molecule has 0 atom stereocenters. The van der Waals surface area contributed by atoms with Crippen molar-refractivity contribution >= 4 is 33.9 Å². The lowest BCUT2D eigenvalue weighted by Crippen LogP contribution is -2.72. The van der Waals surface area contributed by atoms with Crippen LogP contribution >= 0.6 is 0 Å². The van der Waals surface area contributed by atoms with Crippen LogP contribution in [0.3, 0.4) is 0 Å². The molecule has 4 heterocycles. The van der Waals surface area contributed by atoms with Crippen LogP contribution in [-0.2, 0) is 9.63 Å². The van der Waals surface area contributed by atoms with Gasteiger partial charge in [0.15, 0.2) is 12.5 Å². The van der Waals surface area contributed by atoms with Gasteiger partial charge in [-0.2, -0.15) is 0 Å². The van der Waals surface area contributed by atoms with Gasteiger partial charge in [-0.05, 0) is 12.1 Å². The first kappa shape index (κ1) is 18.1. The number of fused-ring (bicyclic) bond motifs is 2. The summed E-state index contributed by atoms with van der Waals surface area (Å²) in [5.74, 6) is -0.0434. The lowest BCUT2D eigenvalue weighted by Gasteiger charge is -2.55. The van der Waals surface area contributed by atoms with Crippen molar-refractivity contribution in [2.45, 2.75) is 0 Å². The highest BCUT2D eigenvalue weighted by molar-refractivity contribution is 6.58. The number of aromatic amines is 1. The van der Waals surface area contributed by atoms with Crippen molar-refractivity contribution in [3.63, 3.8) is 0 Å². The van der Waals surface area contributed by atoms with Crippen LogP contribution in [0.2, 0.25) is 0 Å².